The van der Waals surface area contributed by atoms with Gasteiger partial charge in [-0.15, -0.1) is 12.4 Å². The van der Waals surface area contributed by atoms with Crippen LogP contribution in [0.2, 0.25) is 0 Å². The number of likely N-dealkylation sites (N-methyl/N-ethyl adjacent to an activating group) is 1. The molecule has 1 nitrogen and oxygen atoms in total. The second-order valence-electron chi connectivity index (χ2n) is 4.93. The van der Waals surface area contributed by atoms with Crippen LogP contribution in [-0.4, -0.2) is 18.0 Å². The van der Waals surface area contributed by atoms with Crippen LogP contribution in [0.5, 0.6) is 0 Å². The molecule has 0 radical (unpaired) electrons. The molecule has 2 aromatic carbocycles. The van der Waals surface area contributed by atoms with Crippen molar-refractivity contribution in [2.24, 2.45) is 0 Å². The van der Waals surface area contributed by atoms with Gasteiger partial charge in [-0.1, -0.05) is 55.5 Å². The van der Waals surface area contributed by atoms with Gasteiger partial charge in [0.2, 0.25) is 0 Å². The fourth-order valence-electron chi connectivity index (χ4n) is 2.79. The van der Waals surface area contributed by atoms with Gasteiger partial charge in [0.25, 0.3) is 0 Å². The molecule has 0 N–H and O–H groups in total. The number of fused-ring (bicyclic) bond motifs is 1. The van der Waals surface area contributed by atoms with Gasteiger partial charge in [0.05, 0.1) is 0 Å². The normalized spacial score (nSPS) is 14.6. The largest absolute Gasteiger partial charge is 0.299 e. The summed E-state index contributed by atoms with van der Waals surface area (Å²) in [5.74, 6) is 0. The molecule has 1 aliphatic heterocycles. The van der Waals surface area contributed by atoms with Gasteiger partial charge in [-0.2, -0.15) is 0 Å². The van der Waals surface area contributed by atoms with Crippen molar-refractivity contribution in [1.82, 2.24) is 4.90 Å². The summed E-state index contributed by atoms with van der Waals surface area (Å²) >= 11 is 0. The number of benzene rings is 2. The Kier molecular flexibility index (Phi) is 4.62. The van der Waals surface area contributed by atoms with Gasteiger partial charge >= 0.3 is 0 Å². The Bertz CT molecular complexity index is 536. The molecular weight excluding hydrogens is 254 g/mol. The zero-order valence-corrected chi connectivity index (χ0v) is 12.1. The summed E-state index contributed by atoms with van der Waals surface area (Å²) in [6, 6.07) is 17.5. The fraction of sp³-hybridized carbons (Fsp3) is 0.294. The minimum absolute atomic E-state index is 0. The number of hydrogen-bond donors (Lipinski definition) is 0. The third kappa shape index (κ3) is 2.83. The Morgan fingerprint density at radius 3 is 2.53 bits per heavy atom. The summed E-state index contributed by atoms with van der Waals surface area (Å²) in [6.45, 7) is 5.68. The lowest BCUT2D eigenvalue weighted by Crippen LogP contribution is -2.30. The smallest absolute Gasteiger partial charge is 0.0242 e. The molecule has 0 bridgehead atoms. The Balaban J connectivity index is 0.00000133. The Morgan fingerprint density at radius 1 is 1.00 bits per heavy atom. The predicted octanol–water partition coefficient (Wildman–Crippen LogP) is 4.15. The van der Waals surface area contributed by atoms with Gasteiger partial charge in [-0.05, 0) is 35.2 Å². The maximum atomic E-state index is 2.52. The molecule has 0 amide bonds. The van der Waals surface area contributed by atoms with Gasteiger partial charge < -0.3 is 0 Å². The summed E-state index contributed by atoms with van der Waals surface area (Å²) in [5.41, 5.74) is 5.80. The zero-order chi connectivity index (χ0) is 12.4. The molecule has 0 aromatic heterocycles. The van der Waals surface area contributed by atoms with E-state index < -0.39 is 0 Å². The highest BCUT2D eigenvalue weighted by molar-refractivity contribution is 5.85. The standard InChI is InChI=1S/C17H19N.ClH/c1-2-18-12-11-15-9-6-10-16(17(15)13-18)14-7-4-3-5-8-14;/h3-10H,2,11-13H2,1H3;1H. The van der Waals surface area contributed by atoms with Crippen molar-refractivity contribution in [3.8, 4) is 11.1 Å². The molecule has 1 aliphatic rings. The van der Waals surface area contributed by atoms with Gasteiger partial charge in [-0.3, -0.25) is 4.90 Å². The lowest BCUT2D eigenvalue weighted by atomic mass is 9.91. The van der Waals surface area contributed by atoms with E-state index >= 15 is 0 Å². The minimum atomic E-state index is 0. The SMILES string of the molecule is CCN1CCc2cccc(-c3ccccc3)c2C1.Cl. The maximum Gasteiger partial charge on any atom is 0.0242 e. The summed E-state index contributed by atoms with van der Waals surface area (Å²) in [5, 5.41) is 0. The van der Waals surface area contributed by atoms with E-state index in [0.717, 1.165) is 13.1 Å². The monoisotopic (exact) mass is 273 g/mol. The molecule has 2 heteroatoms. The van der Waals surface area contributed by atoms with Crippen LogP contribution in [0.4, 0.5) is 0 Å². The van der Waals surface area contributed by atoms with E-state index in [1.54, 1.807) is 0 Å². The molecule has 0 fully saturated rings. The Hall–Kier alpha value is -1.31. The van der Waals surface area contributed by atoms with Crippen LogP contribution in [0.1, 0.15) is 18.1 Å². The van der Waals surface area contributed by atoms with Crippen LogP contribution in [-0.2, 0) is 13.0 Å². The molecule has 0 aliphatic carbocycles. The third-order valence-corrected chi connectivity index (χ3v) is 3.88. The summed E-state index contributed by atoms with van der Waals surface area (Å²) in [4.78, 5) is 2.52. The van der Waals surface area contributed by atoms with Crippen LogP contribution in [0.3, 0.4) is 0 Å². The maximum absolute atomic E-state index is 2.52. The molecular formula is C17H20ClN. The molecule has 19 heavy (non-hydrogen) atoms. The fourth-order valence-corrected chi connectivity index (χ4v) is 2.79. The number of halogens is 1. The zero-order valence-electron chi connectivity index (χ0n) is 11.3. The average Bonchev–Trinajstić information content (AvgIpc) is 2.47. The first-order valence-corrected chi connectivity index (χ1v) is 6.77. The van der Waals surface area contributed by atoms with Crippen molar-refractivity contribution >= 4 is 12.4 Å². The van der Waals surface area contributed by atoms with E-state index in [-0.39, 0.29) is 12.4 Å². The lowest BCUT2D eigenvalue weighted by molar-refractivity contribution is 0.268. The predicted molar refractivity (Wildman–Crippen MR) is 83.8 cm³/mol. The summed E-state index contributed by atoms with van der Waals surface area (Å²) in [7, 11) is 0. The van der Waals surface area contributed by atoms with E-state index in [1.807, 2.05) is 0 Å². The van der Waals surface area contributed by atoms with Crippen molar-refractivity contribution in [2.45, 2.75) is 19.9 Å². The Labute approximate surface area is 121 Å². The van der Waals surface area contributed by atoms with E-state index in [4.69, 9.17) is 0 Å². The molecule has 3 rings (SSSR count). The molecule has 2 aromatic rings. The van der Waals surface area contributed by atoms with Crippen LogP contribution in [0.25, 0.3) is 11.1 Å². The van der Waals surface area contributed by atoms with Crippen molar-refractivity contribution < 1.29 is 0 Å². The summed E-state index contributed by atoms with van der Waals surface area (Å²) < 4.78 is 0. The van der Waals surface area contributed by atoms with E-state index in [1.165, 1.54) is 35.2 Å². The van der Waals surface area contributed by atoms with Gasteiger partial charge in [0, 0.05) is 13.1 Å². The minimum Gasteiger partial charge on any atom is -0.299 e. The van der Waals surface area contributed by atoms with E-state index in [9.17, 15) is 0 Å². The van der Waals surface area contributed by atoms with Crippen LogP contribution < -0.4 is 0 Å². The van der Waals surface area contributed by atoms with Crippen LogP contribution >= 0.6 is 12.4 Å². The molecule has 100 valence electrons. The average molecular weight is 274 g/mol. The first kappa shape index (κ1) is 14.1. The van der Waals surface area contributed by atoms with E-state index in [0.29, 0.717) is 0 Å². The second kappa shape index (κ2) is 6.23. The summed E-state index contributed by atoms with van der Waals surface area (Å²) in [6.07, 6.45) is 1.18. The van der Waals surface area contributed by atoms with Crippen molar-refractivity contribution in [1.29, 1.82) is 0 Å². The lowest BCUT2D eigenvalue weighted by Gasteiger charge is -2.29. The molecule has 0 atom stereocenters. The van der Waals surface area contributed by atoms with Gasteiger partial charge in [0.15, 0.2) is 0 Å². The van der Waals surface area contributed by atoms with Crippen LogP contribution in [0, 0.1) is 0 Å². The first-order chi connectivity index (χ1) is 8.88. The van der Waals surface area contributed by atoms with Crippen molar-refractivity contribution in [2.75, 3.05) is 13.1 Å². The third-order valence-electron chi connectivity index (χ3n) is 3.88. The highest BCUT2D eigenvalue weighted by Crippen LogP contribution is 2.30. The molecule has 0 saturated carbocycles. The molecule has 1 heterocycles. The van der Waals surface area contributed by atoms with E-state index in [2.05, 4.69) is 60.4 Å². The topological polar surface area (TPSA) is 3.24 Å². The van der Waals surface area contributed by atoms with Crippen LogP contribution in [0.15, 0.2) is 48.5 Å². The number of rotatable bonds is 2. The first-order valence-electron chi connectivity index (χ1n) is 6.77. The van der Waals surface area contributed by atoms with Crippen molar-refractivity contribution in [3.05, 3.63) is 59.7 Å². The van der Waals surface area contributed by atoms with Gasteiger partial charge in [0.1, 0.15) is 0 Å². The quantitative estimate of drug-likeness (QED) is 0.794. The number of nitrogens with zero attached hydrogens (tertiary/aromatic N) is 1. The highest BCUT2D eigenvalue weighted by Gasteiger charge is 2.17. The highest BCUT2D eigenvalue weighted by atomic mass is 35.5. The second-order valence-corrected chi connectivity index (χ2v) is 4.93. The molecule has 0 spiro atoms. The number of hydrogen-bond acceptors (Lipinski definition) is 1. The van der Waals surface area contributed by atoms with Gasteiger partial charge in [-0.25, -0.2) is 0 Å². The Morgan fingerprint density at radius 2 is 1.79 bits per heavy atom. The molecule has 0 unspecified atom stereocenters. The molecule has 0 saturated heterocycles. The van der Waals surface area contributed by atoms with Crippen molar-refractivity contribution in [3.63, 3.8) is 0 Å².